The average molecular weight is 235 g/mol. The van der Waals surface area contributed by atoms with E-state index in [1.54, 1.807) is 10.6 Å². The zero-order valence-electron chi connectivity index (χ0n) is 10.9. The maximum atomic E-state index is 12.1. The third-order valence-electron chi connectivity index (χ3n) is 2.94. The predicted octanol–water partition coefficient (Wildman–Crippen LogP) is 2.97. The number of carbonyl (C=O) groups is 1. The molecule has 1 heterocycles. The lowest BCUT2D eigenvalue weighted by molar-refractivity contribution is 0.112. The molecule has 0 unspecified atom stereocenters. The van der Waals surface area contributed by atoms with E-state index in [1.807, 2.05) is 6.07 Å². The van der Waals surface area contributed by atoms with Crippen LogP contribution in [0.1, 0.15) is 62.0 Å². The summed E-state index contributed by atoms with van der Waals surface area (Å²) < 4.78 is 1.75. The predicted molar refractivity (Wildman–Crippen MR) is 69.7 cm³/mol. The monoisotopic (exact) mass is 235 g/mol. The smallest absolute Gasteiger partial charge is 0.261 e. The normalized spacial score (nSPS) is 10.8. The molecule has 1 rings (SSSR count). The van der Waals surface area contributed by atoms with Crippen LogP contribution in [0.2, 0.25) is 0 Å². The average Bonchev–Trinajstić information content (AvgIpc) is 2.31. The molecule has 0 N–H and O–H groups in total. The van der Waals surface area contributed by atoms with Crippen LogP contribution in [0.15, 0.2) is 16.9 Å². The minimum atomic E-state index is -0.151. The van der Waals surface area contributed by atoms with Crippen LogP contribution in [-0.4, -0.2) is 10.9 Å². The van der Waals surface area contributed by atoms with Crippen LogP contribution in [0, 0.1) is 0 Å². The minimum Gasteiger partial charge on any atom is -0.312 e. The maximum Gasteiger partial charge on any atom is 0.261 e. The highest BCUT2D eigenvalue weighted by Gasteiger charge is 2.10. The van der Waals surface area contributed by atoms with Gasteiger partial charge in [-0.1, -0.05) is 33.6 Å². The van der Waals surface area contributed by atoms with E-state index in [0.717, 1.165) is 25.0 Å². The molecule has 0 spiro atoms. The number of hydrogen-bond acceptors (Lipinski definition) is 2. The lowest BCUT2D eigenvalue weighted by Crippen LogP contribution is -2.27. The third kappa shape index (κ3) is 3.29. The number of pyridine rings is 1. The Kier molecular flexibility index (Phi) is 5.13. The Morgan fingerprint density at radius 2 is 2.00 bits per heavy atom. The van der Waals surface area contributed by atoms with Gasteiger partial charge >= 0.3 is 0 Å². The van der Waals surface area contributed by atoms with Crippen LogP contribution in [0.5, 0.6) is 0 Å². The van der Waals surface area contributed by atoms with Crippen molar-refractivity contribution in [2.24, 2.45) is 0 Å². The Bertz CT molecular complexity index is 432. The molecule has 3 heteroatoms. The molecule has 0 aliphatic rings. The lowest BCUT2D eigenvalue weighted by atomic mass is 10.1. The lowest BCUT2D eigenvalue weighted by Gasteiger charge is -2.15. The van der Waals surface area contributed by atoms with E-state index in [2.05, 4.69) is 20.8 Å². The first-order valence-electron chi connectivity index (χ1n) is 6.30. The standard InChI is InChI=1S/C14H21NO2/c1-4-5-6-9-15-13(11(2)3)8-7-12(10-16)14(15)17/h7-8,10-11H,4-6,9H2,1-3H3. The first-order valence-corrected chi connectivity index (χ1v) is 6.30. The molecule has 0 atom stereocenters. The van der Waals surface area contributed by atoms with Gasteiger partial charge in [0.15, 0.2) is 6.29 Å². The van der Waals surface area contributed by atoms with Gasteiger partial charge in [0.25, 0.3) is 5.56 Å². The summed E-state index contributed by atoms with van der Waals surface area (Å²) in [5, 5.41) is 0. The number of unbranched alkanes of at least 4 members (excludes halogenated alkanes) is 2. The highest BCUT2D eigenvalue weighted by atomic mass is 16.1. The Morgan fingerprint density at radius 1 is 1.29 bits per heavy atom. The molecule has 0 amide bonds. The SMILES string of the molecule is CCCCCn1c(C(C)C)ccc(C=O)c1=O. The molecular weight excluding hydrogens is 214 g/mol. The van der Waals surface area contributed by atoms with E-state index in [0.29, 0.717) is 18.7 Å². The van der Waals surface area contributed by atoms with Crippen molar-refractivity contribution in [2.45, 2.75) is 52.5 Å². The molecule has 0 aliphatic carbocycles. The fraction of sp³-hybridized carbons (Fsp3) is 0.571. The highest BCUT2D eigenvalue weighted by Crippen LogP contribution is 2.13. The maximum absolute atomic E-state index is 12.1. The van der Waals surface area contributed by atoms with E-state index in [9.17, 15) is 9.59 Å². The minimum absolute atomic E-state index is 0.151. The van der Waals surface area contributed by atoms with E-state index in [1.165, 1.54) is 0 Å². The molecule has 0 aliphatic heterocycles. The van der Waals surface area contributed by atoms with Crippen LogP contribution in [0.4, 0.5) is 0 Å². The Labute approximate surface area is 102 Å². The molecule has 0 radical (unpaired) electrons. The zero-order chi connectivity index (χ0) is 12.8. The fourth-order valence-corrected chi connectivity index (χ4v) is 1.95. The Hall–Kier alpha value is -1.38. The largest absolute Gasteiger partial charge is 0.312 e. The summed E-state index contributed by atoms with van der Waals surface area (Å²) in [5.74, 6) is 0.296. The first kappa shape index (κ1) is 13.7. The number of aldehydes is 1. The molecule has 0 saturated carbocycles. The molecule has 0 bridgehead atoms. The number of rotatable bonds is 6. The summed E-state index contributed by atoms with van der Waals surface area (Å²) >= 11 is 0. The highest BCUT2D eigenvalue weighted by molar-refractivity contribution is 5.73. The molecular formula is C14H21NO2. The van der Waals surface area contributed by atoms with E-state index < -0.39 is 0 Å². The Morgan fingerprint density at radius 3 is 2.53 bits per heavy atom. The molecule has 0 saturated heterocycles. The van der Waals surface area contributed by atoms with Crippen molar-refractivity contribution in [1.82, 2.24) is 4.57 Å². The molecule has 17 heavy (non-hydrogen) atoms. The third-order valence-corrected chi connectivity index (χ3v) is 2.94. The zero-order valence-corrected chi connectivity index (χ0v) is 10.9. The van der Waals surface area contributed by atoms with Crippen LogP contribution in [-0.2, 0) is 6.54 Å². The summed E-state index contributed by atoms with van der Waals surface area (Å²) in [6.45, 7) is 6.97. The molecule has 0 aromatic carbocycles. The van der Waals surface area contributed by atoms with Crippen molar-refractivity contribution in [3.63, 3.8) is 0 Å². The van der Waals surface area contributed by atoms with Crippen molar-refractivity contribution in [3.8, 4) is 0 Å². The molecule has 1 aromatic heterocycles. The van der Waals surface area contributed by atoms with E-state index in [-0.39, 0.29) is 11.1 Å². The van der Waals surface area contributed by atoms with Crippen LogP contribution in [0.3, 0.4) is 0 Å². The van der Waals surface area contributed by atoms with E-state index >= 15 is 0 Å². The van der Waals surface area contributed by atoms with Gasteiger partial charge in [-0.05, 0) is 24.5 Å². The van der Waals surface area contributed by atoms with E-state index in [4.69, 9.17) is 0 Å². The molecule has 94 valence electrons. The summed E-state index contributed by atoms with van der Waals surface area (Å²) in [6, 6.07) is 3.52. The first-order chi connectivity index (χ1) is 8.11. The van der Waals surface area contributed by atoms with Crippen molar-refractivity contribution in [1.29, 1.82) is 0 Å². The summed E-state index contributed by atoms with van der Waals surface area (Å²) in [5.41, 5.74) is 1.12. The Balaban J connectivity index is 3.11. The van der Waals surface area contributed by atoms with Gasteiger partial charge < -0.3 is 4.57 Å². The van der Waals surface area contributed by atoms with Crippen LogP contribution in [0.25, 0.3) is 0 Å². The van der Waals surface area contributed by atoms with Gasteiger partial charge in [0.1, 0.15) is 0 Å². The van der Waals surface area contributed by atoms with Crippen molar-refractivity contribution in [3.05, 3.63) is 33.7 Å². The number of hydrogen-bond donors (Lipinski definition) is 0. The fourth-order valence-electron chi connectivity index (χ4n) is 1.95. The van der Waals surface area contributed by atoms with Gasteiger partial charge in [-0.15, -0.1) is 0 Å². The van der Waals surface area contributed by atoms with Gasteiger partial charge in [0.05, 0.1) is 5.56 Å². The van der Waals surface area contributed by atoms with Gasteiger partial charge in [-0.2, -0.15) is 0 Å². The van der Waals surface area contributed by atoms with Gasteiger partial charge in [-0.25, -0.2) is 0 Å². The van der Waals surface area contributed by atoms with Crippen LogP contribution >= 0.6 is 0 Å². The van der Waals surface area contributed by atoms with Gasteiger partial charge in [0, 0.05) is 12.2 Å². The molecule has 3 nitrogen and oxygen atoms in total. The summed E-state index contributed by atoms with van der Waals surface area (Å²) in [4.78, 5) is 22.8. The quantitative estimate of drug-likeness (QED) is 0.561. The molecule has 1 aromatic rings. The van der Waals surface area contributed by atoms with Gasteiger partial charge in [0.2, 0.25) is 0 Å². The number of aromatic nitrogens is 1. The summed E-state index contributed by atoms with van der Waals surface area (Å²) in [7, 11) is 0. The van der Waals surface area contributed by atoms with Crippen molar-refractivity contribution >= 4 is 6.29 Å². The van der Waals surface area contributed by atoms with Crippen molar-refractivity contribution in [2.75, 3.05) is 0 Å². The second kappa shape index (κ2) is 6.38. The molecule has 0 fully saturated rings. The van der Waals surface area contributed by atoms with Gasteiger partial charge in [-0.3, -0.25) is 9.59 Å². The topological polar surface area (TPSA) is 39.1 Å². The number of nitrogens with zero attached hydrogens (tertiary/aromatic N) is 1. The number of carbonyl (C=O) groups excluding carboxylic acids is 1. The van der Waals surface area contributed by atoms with Crippen LogP contribution < -0.4 is 5.56 Å². The second-order valence-electron chi connectivity index (χ2n) is 4.65. The summed E-state index contributed by atoms with van der Waals surface area (Å²) in [6.07, 6.45) is 3.86. The second-order valence-corrected chi connectivity index (χ2v) is 4.65. The van der Waals surface area contributed by atoms with Crippen molar-refractivity contribution < 1.29 is 4.79 Å².